The van der Waals surface area contributed by atoms with Crippen LogP contribution in [0.15, 0.2) is 0 Å². The fraction of sp³-hybridized carbons (Fsp3) is 1.00. The van der Waals surface area contributed by atoms with Gasteiger partial charge in [-0.3, -0.25) is 0 Å². The second-order valence-electron chi connectivity index (χ2n) is 10.2. The Labute approximate surface area is 210 Å². The van der Waals surface area contributed by atoms with Gasteiger partial charge in [-0.05, 0) is 32.1 Å². The molecule has 3 atom stereocenters. The molecule has 0 aliphatic carbocycles. The fourth-order valence-corrected chi connectivity index (χ4v) is 5.36. The monoisotopic (exact) mass is 516 g/mol. The molecule has 1 aliphatic heterocycles. The second kappa shape index (κ2) is 23.2. The van der Waals surface area contributed by atoms with Crippen molar-refractivity contribution in [2.24, 2.45) is 0 Å². The molecule has 3 unspecified atom stereocenters. The average Bonchev–Trinajstić information content (AvgIpc) is 3.19. The molecule has 0 spiro atoms. The smallest absolute Gasteiger partial charge is 0.158 e. The Morgan fingerprint density at radius 1 is 0.438 bits per heavy atom. The first-order valence-corrected chi connectivity index (χ1v) is 15.8. The van der Waals surface area contributed by atoms with Crippen LogP contribution in [-0.2, 0) is 9.47 Å². The second-order valence-corrected chi connectivity index (χ2v) is 11.0. The third-order valence-corrected chi connectivity index (χ3v) is 7.64. The van der Waals surface area contributed by atoms with E-state index in [0.717, 1.165) is 11.8 Å². The lowest BCUT2D eigenvalue weighted by atomic mass is 10.00. The van der Waals surface area contributed by atoms with E-state index < -0.39 is 0 Å². The predicted molar refractivity (Wildman–Crippen MR) is 145 cm³/mol. The number of ether oxygens (including phenoxy) is 2. The Bertz CT molecular complexity index is 376. The van der Waals surface area contributed by atoms with E-state index in [1.165, 1.54) is 141 Å². The molecule has 192 valence electrons. The molecule has 1 saturated heterocycles. The standard InChI is InChI=1S/C29H57BrO2/c1-3-5-7-9-11-12-17-21-25-29-31-27(23-19-15-10-8-6-4-2)28(32-29)24-20-16-13-14-18-22-26-30/h27-29H,3-26H2,1-2H3. The van der Waals surface area contributed by atoms with Crippen LogP contribution in [0.3, 0.4) is 0 Å². The quantitative estimate of drug-likeness (QED) is 0.0936. The van der Waals surface area contributed by atoms with Crippen molar-refractivity contribution in [3.63, 3.8) is 0 Å². The maximum atomic E-state index is 6.45. The van der Waals surface area contributed by atoms with E-state index in [4.69, 9.17) is 9.47 Å². The van der Waals surface area contributed by atoms with E-state index in [0.29, 0.717) is 12.2 Å². The third kappa shape index (κ3) is 16.9. The van der Waals surface area contributed by atoms with Crippen LogP contribution in [0.1, 0.15) is 162 Å². The summed E-state index contributed by atoms with van der Waals surface area (Å²) in [6.07, 6.45) is 31.6. The van der Waals surface area contributed by atoms with Crippen LogP contribution >= 0.6 is 15.9 Å². The van der Waals surface area contributed by atoms with Gasteiger partial charge >= 0.3 is 0 Å². The summed E-state index contributed by atoms with van der Waals surface area (Å²) in [7, 11) is 0. The SMILES string of the molecule is CCCCCCCCCCC1OC(CCCCCCCC)C(CCCCCCCCBr)O1. The highest BCUT2D eigenvalue weighted by molar-refractivity contribution is 9.09. The lowest BCUT2D eigenvalue weighted by Crippen LogP contribution is -2.22. The van der Waals surface area contributed by atoms with Crippen molar-refractivity contribution in [3.05, 3.63) is 0 Å². The van der Waals surface area contributed by atoms with E-state index in [-0.39, 0.29) is 6.29 Å². The average molecular weight is 518 g/mol. The maximum absolute atomic E-state index is 6.45. The number of hydrogen-bond donors (Lipinski definition) is 0. The summed E-state index contributed by atoms with van der Waals surface area (Å²) < 4.78 is 12.9. The van der Waals surface area contributed by atoms with Gasteiger partial charge in [-0.2, -0.15) is 0 Å². The highest BCUT2D eigenvalue weighted by atomic mass is 79.9. The van der Waals surface area contributed by atoms with Crippen LogP contribution in [0.5, 0.6) is 0 Å². The minimum atomic E-state index is 0.0733. The minimum absolute atomic E-state index is 0.0733. The van der Waals surface area contributed by atoms with Crippen molar-refractivity contribution in [3.8, 4) is 0 Å². The molecular formula is C29H57BrO2. The van der Waals surface area contributed by atoms with Gasteiger partial charge in [0.1, 0.15) is 0 Å². The van der Waals surface area contributed by atoms with E-state index in [2.05, 4.69) is 29.8 Å². The summed E-state index contributed by atoms with van der Waals surface area (Å²) in [5, 5.41) is 1.15. The lowest BCUT2D eigenvalue weighted by Gasteiger charge is -2.16. The van der Waals surface area contributed by atoms with Gasteiger partial charge in [0, 0.05) is 5.33 Å². The normalized spacial score (nSPS) is 20.9. The molecule has 1 heterocycles. The van der Waals surface area contributed by atoms with Gasteiger partial charge in [0.25, 0.3) is 0 Å². The van der Waals surface area contributed by atoms with Gasteiger partial charge in [0.05, 0.1) is 12.2 Å². The van der Waals surface area contributed by atoms with Gasteiger partial charge in [0.15, 0.2) is 6.29 Å². The molecule has 0 bridgehead atoms. The van der Waals surface area contributed by atoms with Crippen LogP contribution in [0.2, 0.25) is 0 Å². The Morgan fingerprint density at radius 3 is 1.19 bits per heavy atom. The molecule has 32 heavy (non-hydrogen) atoms. The van der Waals surface area contributed by atoms with Crippen molar-refractivity contribution >= 4 is 15.9 Å². The summed E-state index contributed by atoms with van der Waals surface area (Å²) in [4.78, 5) is 0. The molecule has 0 aromatic heterocycles. The minimum Gasteiger partial charge on any atom is -0.347 e. The molecule has 0 radical (unpaired) electrons. The highest BCUT2D eigenvalue weighted by Crippen LogP contribution is 2.30. The van der Waals surface area contributed by atoms with Crippen LogP contribution in [0.25, 0.3) is 0 Å². The van der Waals surface area contributed by atoms with Crippen molar-refractivity contribution in [1.82, 2.24) is 0 Å². The number of halogens is 1. The van der Waals surface area contributed by atoms with Gasteiger partial charge < -0.3 is 9.47 Å². The summed E-state index contributed by atoms with van der Waals surface area (Å²) in [5.41, 5.74) is 0. The first kappa shape index (κ1) is 30.4. The molecule has 2 nitrogen and oxygen atoms in total. The first-order chi connectivity index (χ1) is 15.8. The van der Waals surface area contributed by atoms with Gasteiger partial charge in [-0.1, -0.05) is 145 Å². The summed E-state index contributed by atoms with van der Waals surface area (Å²) in [5.74, 6) is 0. The summed E-state index contributed by atoms with van der Waals surface area (Å²) >= 11 is 3.54. The zero-order chi connectivity index (χ0) is 23.1. The van der Waals surface area contributed by atoms with E-state index >= 15 is 0 Å². The number of rotatable bonds is 24. The Hall–Kier alpha value is 0.400. The number of unbranched alkanes of at least 4 members (excludes halogenated alkanes) is 17. The van der Waals surface area contributed by atoms with Crippen molar-refractivity contribution in [2.75, 3.05) is 5.33 Å². The van der Waals surface area contributed by atoms with Crippen LogP contribution in [0, 0.1) is 0 Å². The number of alkyl halides is 1. The Balaban J connectivity index is 2.22. The largest absolute Gasteiger partial charge is 0.347 e. The highest BCUT2D eigenvalue weighted by Gasteiger charge is 2.34. The molecule has 1 fully saturated rings. The van der Waals surface area contributed by atoms with Crippen molar-refractivity contribution in [2.45, 2.75) is 180 Å². The molecular weight excluding hydrogens is 460 g/mol. The Morgan fingerprint density at radius 2 is 0.781 bits per heavy atom. The predicted octanol–water partition coefficient (Wildman–Crippen LogP) is 10.5. The van der Waals surface area contributed by atoms with Gasteiger partial charge in [0.2, 0.25) is 0 Å². The fourth-order valence-electron chi connectivity index (χ4n) is 4.96. The van der Waals surface area contributed by atoms with Crippen molar-refractivity contribution < 1.29 is 9.47 Å². The van der Waals surface area contributed by atoms with Gasteiger partial charge in [-0.25, -0.2) is 0 Å². The Kier molecular flexibility index (Phi) is 22.0. The topological polar surface area (TPSA) is 18.5 Å². The maximum Gasteiger partial charge on any atom is 0.158 e. The van der Waals surface area contributed by atoms with Crippen LogP contribution in [0.4, 0.5) is 0 Å². The zero-order valence-corrected chi connectivity index (χ0v) is 23.5. The molecule has 0 aromatic carbocycles. The van der Waals surface area contributed by atoms with Crippen LogP contribution < -0.4 is 0 Å². The molecule has 0 N–H and O–H groups in total. The van der Waals surface area contributed by atoms with Crippen molar-refractivity contribution in [1.29, 1.82) is 0 Å². The molecule has 1 rings (SSSR count). The molecule has 1 aliphatic rings. The summed E-state index contributed by atoms with van der Waals surface area (Å²) in [6.45, 7) is 4.59. The lowest BCUT2D eigenvalue weighted by molar-refractivity contribution is -0.0730. The third-order valence-electron chi connectivity index (χ3n) is 7.08. The van der Waals surface area contributed by atoms with Crippen LogP contribution in [-0.4, -0.2) is 23.8 Å². The molecule has 0 aromatic rings. The van der Waals surface area contributed by atoms with E-state index in [1.807, 2.05) is 0 Å². The zero-order valence-electron chi connectivity index (χ0n) is 21.9. The van der Waals surface area contributed by atoms with E-state index in [9.17, 15) is 0 Å². The van der Waals surface area contributed by atoms with Gasteiger partial charge in [-0.15, -0.1) is 0 Å². The number of hydrogen-bond acceptors (Lipinski definition) is 2. The molecule has 3 heteroatoms. The van der Waals surface area contributed by atoms with E-state index in [1.54, 1.807) is 0 Å². The molecule has 0 saturated carbocycles. The first-order valence-electron chi connectivity index (χ1n) is 14.7. The molecule has 0 amide bonds. The summed E-state index contributed by atoms with van der Waals surface area (Å²) in [6, 6.07) is 0.